The Hall–Kier alpha value is -2.77. The molecule has 6 nitrogen and oxygen atoms in total. The molecule has 0 aromatic heterocycles. The van der Waals surface area contributed by atoms with Crippen molar-refractivity contribution >= 4 is 52.5 Å². The predicted octanol–water partition coefficient (Wildman–Crippen LogP) is 4.00. The Bertz CT molecular complexity index is 989. The van der Waals surface area contributed by atoms with Gasteiger partial charge in [-0.1, -0.05) is 35.5 Å². The summed E-state index contributed by atoms with van der Waals surface area (Å²) >= 11 is 6.98. The van der Waals surface area contributed by atoms with Crippen LogP contribution in [0.2, 0.25) is 5.02 Å². The van der Waals surface area contributed by atoms with Crippen LogP contribution in [0.25, 0.3) is 0 Å². The van der Waals surface area contributed by atoms with Gasteiger partial charge in [0.2, 0.25) is 11.8 Å². The maximum absolute atomic E-state index is 12.4. The lowest BCUT2D eigenvalue weighted by atomic mass is 10.1. The van der Waals surface area contributed by atoms with Crippen molar-refractivity contribution in [2.45, 2.75) is 25.5 Å². The van der Waals surface area contributed by atoms with Gasteiger partial charge >= 0.3 is 0 Å². The third-order valence-corrected chi connectivity index (χ3v) is 5.61. The molecule has 29 heavy (non-hydrogen) atoms. The van der Waals surface area contributed by atoms with Crippen LogP contribution in [0.4, 0.5) is 11.4 Å². The van der Waals surface area contributed by atoms with E-state index in [1.54, 1.807) is 24.3 Å². The molecule has 0 radical (unpaired) electrons. The van der Waals surface area contributed by atoms with Crippen molar-refractivity contribution < 1.29 is 14.4 Å². The van der Waals surface area contributed by atoms with Crippen molar-refractivity contribution in [3.8, 4) is 0 Å². The van der Waals surface area contributed by atoms with Crippen molar-refractivity contribution in [2.75, 3.05) is 10.6 Å². The zero-order chi connectivity index (χ0) is 21.0. The number of amides is 3. The molecule has 2 aromatic carbocycles. The molecule has 1 heterocycles. The second-order valence-corrected chi connectivity index (χ2v) is 8.35. The lowest BCUT2D eigenvalue weighted by Gasteiger charge is -2.10. The highest BCUT2D eigenvalue weighted by molar-refractivity contribution is 8.04. The van der Waals surface area contributed by atoms with Crippen LogP contribution in [-0.2, 0) is 14.4 Å². The molecule has 3 rings (SSSR count). The van der Waals surface area contributed by atoms with E-state index < -0.39 is 5.25 Å². The summed E-state index contributed by atoms with van der Waals surface area (Å²) in [7, 11) is 0. The average molecular weight is 430 g/mol. The van der Waals surface area contributed by atoms with Crippen LogP contribution in [0.3, 0.4) is 0 Å². The fourth-order valence-corrected chi connectivity index (χ4v) is 3.88. The van der Waals surface area contributed by atoms with E-state index in [1.165, 1.54) is 6.08 Å². The third kappa shape index (κ3) is 5.85. The zero-order valence-electron chi connectivity index (χ0n) is 15.9. The molecule has 150 valence electrons. The first kappa shape index (κ1) is 21.0. The molecule has 3 N–H and O–H groups in total. The molecule has 1 saturated heterocycles. The third-order valence-electron chi connectivity index (χ3n) is 4.22. The number of halogens is 1. The minimum absolute atomic E-state index is 0.0139. The largest absolute Gasteiger partial charge is 0.326 e. The molecule has 8 heteroatoms. The van der Waals surface area contributed by atoms with Crippen molar-refractivity contribution in [3.05, 3.63) is 69.7 Å². The predicted molar refractivity (Wildman–Crippen MR) is 117 cm³/mol. The highest BCUT2D eigenvalue weighted by Crippen LogP contribution is 2.29. The number of aryl methyl sites for hydroxylation is 2. The summed E-state index contributed by atoms with van der Waals surface area (Å²) in [5.74, 6) is -0.925. The summed E-state index contributed by atoms with van der Waals surface area (Å²) in [5.41, 5.74) is 3.31. The Morgan fingerprint density at radius 3 is 2.59 bits per heavy atom. The molecule has 0 bridgehead atoms. The van der Waals surface area contributed by atoms with E-state index in [1.807, 2.05) is 32.0 Å². The zero-order valence-corrected chi connectivity index (χ0v) is 17.5. The number of carbonyl (C=O) groups excluding carboxylic acids is 3. The standard InChI is InChI=1S/C21H20ClN3O3S/c1-12-3-4-13(2)16(9-12)24-18(26)10-17-21(28)25-20(29-17)11-19(27)23-15-7-5-14(22)6-8-15/h3-9,11,17H,10H2,1-2H3,(H,23,27)(H,24,26)(H,25,28). The Balaban J connectivity index is 1.57. The number of benzene rings is 2. The molecule has 0 saturated carbocycles. The maximum atomic E-state index is 12.4. The van der Waals surface area contributed by atoms with Gasteiger partial charge in [-0.15, -0.1) is 0 Å². The molecule has 2 aromatic rings. The van der Waals surface area contributed by atoms with Crippen LogP contribution in [-0.4, -0.2) is 23.0 Å². The number of anilines is 2. The summed E-state index contributed by atoms with van der Waals surface area (Å²) in [5, 5.41) is 8.58. The van der Waals surface area contributed by atoms with E-state index in [-0.39, 0.29) is 24.1 Å². The molecule has 0 aliphatic carbocycles. The van der Waals surface area contributed by atoms with Gasteiger partial charge in [0.05, 0.1) is 10.3 Å². The quantitative estimate of drug-likeness (QED) is 0.627. The monoisotopic (exact) mass is 429 g/mol. The van der Waals surface area contributed by atoms with Crippen LogP contribution < -0.4 is 16.0 Å². The van der Waals surface area contributed by atoms with E-state index in [9.17, 15) is 14.4 Å². The van der Waals surface area contributed by atoms with Crippen molar-refractivity contribution in [3.63, 3.8) is 0 Å². The first-order valence-corrected chi connectivity index (χ1v) is 10.2. The smallest absolute Gasteiger partial charge is 0.250 e. The van der Waals surface area contributed by atoms with Gasteiger partial charge in [0.1, 0.15) is 0 Å². The van der Waals surface area contributed by atoms with Gasteiger partial charge < -0.3 is 16.0 Å². The maximum Gasteiger partial charge on any atom is 0.250 e. The summed E-state index contributed by atoms with van der Waals surface area (Å²) in [6.45, 7) is 3.85. The van der Waals surface area contributed by atoms with E-state index in [0.29, 0.717) is 15.7 Å². The molecular weight excluding hydrogens is 410 g/mol. The number of carbonyl (C=O) groups is 3. The Morgan fingerprint density at radius 1 is 1.14 bits per heavy atom. The number of thioether (sulfide) groups is 1. The number of rotatable bonds is 5. The second-order valence-electron chi connectivity index (χ2n) is 6.67. The van der Waals surface area contributed by atoms with Crippen LogP contribution in [0, 0.1) is 13.8 Å². The summed E-state index contributed by atoms with van der Waals surface area (Å²) in [6.07, 6.45) is 1.32. The fourth-order valence-electron chi connectivity index (χ4n) is 2.71. The molecular formula is C21H20ClN3O3S. The molecule has 1 unspecified atom stereocenters. The SMILES string of the molecule is Cc1ccc(C)c(NC(=O)CC2SC(=CC(=O)Nc3ccc(Cl)cc3)NC2=O)c1. The average Bonchev–Trinajstić information content (AvgIpc) is 2.98. The Labute approximate surface area is 178 Å². The van der Waals surface area contributed by atoms with Crippen molar-refractivity contribution in [2.24, 2.45) is 0 Å². The number of hydrogen-bond acceptors (Lipinski definition) is 4. The van der Waals surface area contributed by atoms with Gasteiger partial charge in [0.15, 0.2) is 0 Å². The molecule has 0 spiro atoms. The molecule has 1 atom stereocenters. The molecule has 1 aliphatic rings. The van der Waals surface area contributed by atoms with E-state index in [4.69, 9.17) is 11.6 Å². The van der Waals surface area contributed by atoms with E-state index in [0.717, 1.165) is 28.6 Å². The lowest BCUT2D eigenvalue weighted by Crippen LogP contribution is -2.27. The van der Waals surface area contributed by atoms with Gasteiger partial charge in [-0.05, 0) is 55.3 Å². The highest BCUT2D eigenvalue weighted by Gasteiger charge is 2.31. The van der Waals surface area contributed by atoms with E-state index >= 15 is 0 Å². The van der Waals surface area contributed by atoms with Crippen LogP contribution in [0.5, 0.6) is 0 Å². The summed E-state index contributed by atoms with van der Waals surface area (Å²) in [4.78, 5) is 36.7. The lowest BCUT2D eigenvalue weighted by molar-refractivity contribution is -0.122. The first-order chi connectivity index (χ1) is 13.8. The van der Waals surface area contributed by atoms with Crippen LogP contribution in [0.1, 0.15) is 17.5 Å². The van der Waals surface area contributed by atoms with E-state index in [2.05, 4.69) is 16.0 Å². The summed E-state index contributed by atoms with van der Waals surface area (Å²) in [6, 6.07) is 12.5. The minimum atomic E-state index is -0.588. The topological polar surface area (TPSA) is 87.3 Å². The summed E-state index contributed by atoms with van der Waals surface area (Å²) < 4.78 is 0. The van der Waals surface area contributed by atoms with Gasteiger partial charge in [-0.3, -0.25) is 14.4 Å². The molecule has 1 fully saturated rings. The normalized spacial score (nSPS) is 17.1. The first-order valence-electron chi connectivity index (χ1n) is 8.93. The molecule has 3 amide bonds. The van der Waals surface area contributed by atoms with Gasteiger partial charge in [-0.25, -0.2) is 0 Å². The van der Waals surface area contributed by atoms with Crippen molar-refractivity contribution in [1.29, 1.82) is 0 Å². The van der Waals surface area contributed by atoms with Gasteiger partial charge in [0.25, 0.3) is 5.91 Å². The Kier molecular flexibility index (Phi) is 6.61. The van der Waals surface area contributed by atoms with Gasteiger partial charge in [-0.2, -0.15) is 0 Å². The number of hydrogen-bond donors (Lipinski definition) is 3. The number of nitrogens with one attached hydrogen (secondary N) is 3. The minimum Gasteiger partial charge on any atom is -0.326 e. The highest BCUT2D eigenvalue weighted by atomic mass is 35.5. The van der Waals surface area contributed by atoms with Crippen LogP contribution >= 0.6 is 23.4 Å². The van der Waals surface area contributed by atoms with Gasteiger partial charge in [0, 0.05) is 28.9 Å². The molecule has 1 aliphatic heterocycles. The fraction of sp³-hybridized carbons (Fsp3) is 0.190. The Morgan fingerprint density at radius 2 is 1.86 bits per heavy atom. The van der Waals surface area contributed by atoms with Crippen molar-refractivity contribution in [1.82, 2.24) is 5.32 Å². The second kappa shape index (κ2) is 9.15. The van der Waals surface area contributed by atoms with Crippen LogP contribution in [0.15, 0.2) is 53.6 Å².